The Morgan fingerprint density at radius 3 is 3.05 bits per heavy atom. The van der Waals surface area contributed by atoms with Crippen LogP contribution in [0.2, 0.25) is 0 Å². The van der Waals surface area contributed by atoms with E-state index in [2.05, 4.69) is 40.6 Å². The van der Waals surface area contributed by atoms with Crippen LogP contribution in [0.25, 0.3) is 20.7 Å². The molecule has 0 spiro atoms. The summed E-state index contributed by atoms with van der Waals surface area (Å²) in [6, 6.07) is 11.4. The van der Waals surface area contributed by atoms with Crippen LogP contribution in [0, 0.1) is 0 Å². The normalized spacial score (nSPS) is 14.9. The predicted octanol–water partition coefficient (Wildman–Crippen LogP) is 4.24. The Hall–Kier alpha value is -1.65. The van der Waals surface area contributed by atoms with Crippen LogP contribution in [0.15, 0.2) is 40.9 Å². The van der Waals surface area contributed by atoms with Crippen molar-refractivity contribution >= 4 is 21.4 Å². The molecule has 0 unspecified atom stereocenters. The second-order valence-electron chi connectivity index (χ2n) is 5.60. The van der Waals surface area contributed by atoms with Gasteiger partial charge in [-0.3, -0.25) is 0 Å². The van der Waals surface area contributed by atoms with Gasteiger partial charge in [-0.15, -0.1) is 11.3 Å². The number of aryl methyl sites for hydroxylation is 1. The van der Waals surface area contributed by atoms with Crippen molar-refractivity contribution in [2.45, 2.75) is 31.7 Å². The average Bonchev–Trinajstić information content (AvgIpc) is 3.04. The SMILES string of the molecule is c1ccc2sc(-c3cnc(CCCNC4CC4)o3)cc2c1. The molecule has 0 amide bonds. The summed E-state index contributed by atoms with van der Waals surface area (Å²) in [5.74, 6) is 1.74. The molecule has 0 bridgehead atoms. The lowest BCUT2D eigenvalue weighted by Crippen LogP contribution is -2.17. The number of nitrogens with zero attached hydrogens (tertiary/aromatic N) is 1. The molecule has 2 heterocycles. The lowest BCUT2D eigenvalue weighted by Gasteiger charge is -1.99. The fourth-order valence-electron chi connectivity index (χ4n) is 2.48. The molecule has 1 N–H and O–H groups in total. The first-order valence-electron chi connectivity index (χ1n) is 7.55. The Balaban J connectivity index is 1.42. The van der Waals surface area contributed by atoms with Gasteiger partial charge < -0.3 is 9.73 Å². The summed E-state index contributed by atoms with van der Waals surface area (Å²) in [5, 5.41) is 4.78. The van der Waals surface area contributed by atoms with Crippen LogP contribution in [-0.4, -0.2) is 17.6 Å². The molecule has 1 aliphatic carbocycles. The second-order valence-corrected chi connectivity index (χ2v) is 6.68. The minimum Gasteiger partial charge on any atom is -0.440 e. The number of aromatic nitrogens is 1. The monoisotopic (exact) mass is 298 g/mol. The van der Waals surface area contributed by atoms with E-state index in [1.807, 2.05) is 6.20 Å². The van der Waals surface area contributed by atoms with E-state index < -0.39 is 0 Å². The first-order chi connectivity index (χ1) is 10.4. The van der Waals surface area contributed by atoms with Crippen LogP contribution in [-0.2, 0) is 6.42 Å². The van der Waals surface area contributed by atoms with E-state index in [4.69, 9.17) is 4.42 Å². The first kappa shape index (κ1) is 13.0. The third-order valence-electron chi connectivity index (χ3n) is 3.80. The van der Waals surface area contributed by atoms with Crippen molar-refractivity contribution in [2.75, 3.05) is 6.54 Å². The molecule has 108 valence electrons. The Morgan fingerprint density at radius 2 is 2.19 bits per heavy atom. The molecule has 1 aromatic carbocycles. The lowest BCUT2D eigenvalue weighted by molar-refractivity contribution is 0.492. The highest BCUT2D eigenvalue weighted by Crippen LogP contribution is 2.33. The molecule has 3 nitrogen and oxygen atoms in total. The van der Waals surface area contributed by atoms with Gasteiger partial charge in [0.25, 0.3) is 0 Å². The average molecular weight is 298 g/mol. The van der Waals surface area contributed by atoms with Crippen LogP contribution >= 0.6 is 11.3 Å². The maximum absolute atomic E-state index is 5.89. The maximum atomic E-state index is 5.89. The van der Waals surface area contributed by atoms with E-state index in [1.54, 1.807) is 11.3 Å². The van der Waals surface area contributed by atoms with Gasteiger partial charge in [0, 0.05) is 17.2 Å². The molecule has 21 heavy (non-hydrogen) atoms. The van der Waals surface area contributed by atoms with Crippen molar-refractivity contribution in [2.24, 2.45) is 0 Å². The molecule has 1 aliphatic rings. The highest BCUT2D eigenvalue weighted by atomic mass is 32.1. The van der Waals surface area contributed by atoms with Gasteiger partial charge in [-0.2, -0.15) is 0 Å². The van der Waals surface area contributed by atoms with E-state index in [-0.39, 0.29) is 0 Å². The van der Waals surface area contributed by atoms with E-state index in [0.29, 0.717) is 0 Å². The number of benzene rings is 1. The molecule has 4 heteroatoms. The van der Waals surface area contributed by atoms with Gasteiger partial charge in [0.1, 0.15) is 0 Å². The van der Waals surface area contributed by atoms with Crippen molar-refractivity contribution in [3.8, 4) is 10.6 Å². The fourth-order valence-corrected chi connectivity index (χ4v) is 3.49. The Labute approximate surface area is 128 Å². The number of thiophene rings is 1. The minimum absolute atomic E-state index is 0.781. The van der Waals surface area contributed by atoms with Crippen molar-refractivity contribution in [3.05, 3.63) is 42.4 Å². The van der Waals surface area contributed by atoms with Gasteiger partial charge >= 0.3 is 0 Å². The Kier molecular flexibility index (Phi) is 3.49. The summed E-state index contributed by atoms with van der Waals surface area (Å²) in [6.07, 6.45) is 6.53. The standard InChI is InChI=1S/C17H18N2OS/c1-2-5-15-12(4-1)10-16(21-15)14-11-19-17(20-14)6-3-9-18-13-7-8-13/h1-2,4-5,10-11,13,18H,3,6-9H2. The number of hydrogen-bond donors (Lipinski definition) is 1. The highest BCUT2D eigenvalue weighted by molar-refractivity contribution is 7.22. The Morgan fingerprint density at radius 1 is 1.29 bits per heavy atom. The smallest absolute Gasteiger partial charge is 0.194 e. The van der Waals surface area contributed by atoms with Crippen LogP contribution in [0.3, 0.4) is 0 Å². The largest absolute Gasteiger partial charge is 0.440 e. The topological polar surface area (TPSA) is 38.1 Å². The van der Waals surface area contributed by atoms with Crippen LogP contribution in [0.1, 0.15) is 25.2 Å². The van der Waals surface area contributed by atoms with Crippen molar-refractivity contribution in [1.82, 2.24) is 10.3 Å². The number of fused-ring (bicyclic) bond motifs is 1. The van der Waals surface area contributed by atoms with Gasteiger partial charge in [0.2, 0.25) is 0 Å². The van der Waals surface area contributed by atoms with Crippen molar-refractivity contribution in [1.29, 1.82) is 0 Å². The molecule has 0 saturated heterocycles. The summed E-state index contributed by atoms with van der Waals surface area (Å²) >= 11 is 1.76. The number of oxazole rings is 1. The zero-order chi connectivity index (χ0) is 14.1. The van der Waals surface area contributed by atoms with Crippen molar-refractivity contribution in [3.63, 3.8) is 0 Å². The fraction of sp³-hybridized carbons (Fsp3) is 0.353. The molecule has 0 radical (unpaired) electrons. The molecule has 3 aromatic rings. The van der Waals surface area contributed by atoms with E-state index in [1.165, 1.54) is 22.9 Å². The second kappa shape index (κ2) is 5.62. The van der Waals surface area contributed by atoms with Crippen LogP contribution in [0.4, 0.5) is 0 Å². The maximum Gasteiger partial charge on any atom is 0.194 e. The Bertz CT molecular complexity index is 709. The summed E-state index contributed by atoms with van der Waals surface area (Å²) in [7, 11) is 0. The summed E-state index contributed by atoms with van der Waals surface area (Å²) in [6.45, 7) is 1.06. The van der Waals surface area contributed by atoms with Crippen molar-refractivity contribution < 1.29 is 4.42 Å². The van der Waals surface area contributed by atoms with Crippen LogP contribution < -0.4 is 5.32 Å². The zero-order valence-electron chi connectivity index (χ0n) is 11.8. The highest BCUT2D eigenvalue weighted by Gasteiger charge is 2.19. The third-order valence-corrected chi connectivity index (χ3v) is 4.93. The molecule has 0 atom stereocenters. The predicted molar refractivity (Wildman–Crippen MR) is 86.7 cm³/mol. The molecule has 2 aromatic heterocycles. The first-order valence-corrected chi connectivity index (χ1v) is 8.37. The molecule has 1 saturated carbocycles. The number of rotatable bonds is 6. The molecular weight excluding hydrogens is 280 g/mol. The molecule has 0 aliphatic heterocycles. The summed E-state index contributed by atoms with van der Waals surface area (Å²) in [5.41, 5.74) is 0. The molecule has 1 fully saturated rings. The van der Waals surface area contributed by atoms with Gasteiger partial charge in [-0.1, -0.05) is 18.2 Å². The van der Waals surface area contributed by atoms with Gasteiger partial charge in [0.15, 0.2) is 11.7 Å². The van der Waals surface area contributed by atoms with E-state index >= 15 is 0 Å². The minimum atomic E-state index is 0.781. The number of hydrogen-bond acceptors (Lipinski definition) is 4. The zero-order valence-corrected chi connectivity index (χ0v) is 12.7. The van der Waals surface area contributed by atoms with Gasteiger partial charge in [-0.25, -0.2) is 4.98 Å². The van der Waals surface area contributed by atoms with Gasteiger partial charge in [0.05, 0.1) is 11.1 Å². The van der Waals surface area contributed by atoms with E-state index in [0.717, 1.165) is 42.0 Å². The lowest BCUT2D eigenvalue weighted by atomic mass is 10.2. The quantitative estimate of drug-likeness (QED) is 0.692. The van der Waals surface area contributed by atoms with Crippen LogP contribution in [0.5, 0.6) is 0 Å². The third kappa shape index (κ3) is 3.01. The molecule has 4 rings (SSSR count). The van der Waals surface area contributed by atoms with Gasteiger partial charge in [-0.05, 0) is 43.3 Å². The number of nitrogens with one attached hydrogen (secondary N) is 1. The summed E-state index contributed by atoms with van der Waals surface area (Å²) in [4.78, 5) is 5.57. The molecular formula is C17H18N2OS. The van der Waals surface area contributed by atoms with E-state index in [9.17, 15) is 0 Å². The summed E-state index contributed by atoms with van der Waals surface area (Å²) < 4.78 is 7.18.